The van der Waals surface area contributed by atoms with Crippen LogP contribution in [0.5, 0.6) is 0 Å². The molecule has 1 aliphatic heterocycles. The highest BCUT2D eigenvalue weighted by molar-refractivity contribution is 5.82. The van der Waals surface area contributed by atoms with Crippen molar-refractivity contribution in [3.63, 3.8) is 0 Å². The van der Waals surface area contributed by atoms with Gasteiger partial charge in [-0.25, -0.2) is 9.59 Å². The van der Waals surface area contributed by atoms with E-state index in [-0.39, 0.29) is 12.1 Å². The van der Waals surface area contributed by atoms with E-state index >= 15 is 0 Å². The minimum Gasteiger partial charge on any atom is -0.461 e. The van der Waals surface area contributed by atoms with Gasteiger partial charge in [-0.05, 0) is 59.3 Å². The van der Waals surface area contributed by atoms with Gasteiger partial charge in [0.2, 0.25) is 0 Å². The smallest absolute Gasteiger partial charge is 0.411 e. The second kappa shape index (κ2) is 6.02. The fraction of sp³-hybridized carbons (Fsp3) is 0.867. The van der Waals surface area contributed by atoms with Crippen LogP contribution in [-0.4, -0.2) is 41.3 Å². The molecule has 2 rings (SSSR count). The molecule has 1 heterocycles. The Morgan fingerprint density at radius 2 is 1.70 bits per heavy atom. The largest absolute Gasteiger partial charge is 0.461 e. The first-order valence-electron chi connectivity index (χ1n) is 7.57. The first-order valence-corrected chi connectivity index (χ1v) is 7.57. The lowest BCUT2D eigenvalue weighted by atomic mass is 10.2. The average Bonchev–Trinajstić information content (AvgIpc) is 2.96. The molecular weight excluding hydrogens is 258 g/mol. The van der Waals surface area contributed by atoms with E-state index in [0.717, 1.165) is 32.1 Å². The Bertz CT molecular complexity index is 369. The highest BCUT2D eigenvalue weighted by Crippen LogP contribution is 2.25. The van der Waals surface area contributed by atoms with Gasteiger partial charge in [0, 0.05) is 6.54 Å². The number of amides is 1. The number of rotatable bonds is 2. The highest BCUT2D eigenvalue weighted by atomic mass is 16.6. The standard InChI is InChI=1S/C15H25NO4/c1-15(2,3)20-14(18)16-10-6-9-12(16)13(17)19-11-7-4-5-8-11/h11-12H,4-10H2,1-3H3. The Balaban J connectivity index is 1.92. The Morgan fingerprint density at radius 1 is 1.05 bits per heavy atom. The minimum absolute atomic E-state index is 0.0450. The number of likely N-dealkylation sites (tertiary alicyclic amines) is 1. The third-order valence-corrected chi connectivity index (χ3v) is 3.74. The van der Waals surface area contributed by atoms with E-state index in [1.807, 2.05) is 20.8 Å². The molecule has 0 aromatic heterocycles. The molecule has 1 atom stereocenters. The predicted molar refractivity (Wildman–Crippen MR) is 74.3 cm³/mol. The number of nitrogens with zero attached hydrogens (tertiary/aromatic N) is 1. The first-order chi connectivity index (χ1) is 9.37. The fourth-order valence-electron chi connectivity index (χ4n) is 2.80. The number of carbonyl (C=O) groups is 2. The summed E-state index contributed by atoms with van der Waals surface area (Å²) in [6.07, 6.45) is 5.27. The summed E-state index contributed by atoms with van der Waals surface area (Å²) in [7, 11) is 0. The lowest BCUT2D eigenvalue weighted by molar-refractivity contribution is -0.154. The molecule has 0 aromatic rings. The normalized spacial score (nSPS) is 23.9. The zero-order valence-corrected chi connectivity index (χ0v) is 12.7. The molecular formula is C15H25NO4. The van der Waals surface area contributed by atoms with Gasteiger partial charge < -0.3 is 9.47 Å². The van der Waals surface area contributed by atoms with Crippen molar-refractivity contribution >= 4 is 12.1 Å². The second-order valence-electron chi connectivity index (χ2n) is 6.68. The van der Waals surface area contributed by atoms with E-state index < -0.39 is 17.7 Å². The van der Waals surface area contributed by atoms with Crippen LogP contribution in [0.2, 0.25) is 0 Å². The number of ether oxygens (including phenoxy) is 2. The van der Waals surface area contributed by atoms with Gasteiger partial charge in [0.05, 0.1) is 0 Å². The number of carbonyl (C=O) groups excluding carboxylic acids is 2. The molecule has 1 amide bonds. The van der Waals surface area contributed by atoms with Crippen molar-refractivity contribution in [2.75, 3.05) is 6.54 Å². The molecule has 1 aliphatic carbocycles. The Kier molecular flexibility index (Phi) is 4.55. The predicted octanol–water partition coefficient (Wildman–Crippen LogP) is 2.87. The molecule has 1 saturated heterocycles. The van der Waals surface area contributed by atoms with Crippen molar-refractivity contribution < 1.29 is 19.1 Å². The quantitative estimate of drug-likeness (QED) is 0.731. The van der Waals surface area contributed by atoms with E-state index in [4.69, 9.17) is 9.47 Å². The molecule has 20 heavy (non-hydrogen) atoms. The number of esters is 1. The lowest BCUT2D eigenvalue weighted by Crippen LogP contribution is -2.44. The maximum Gasteiger partial charge on any atom is 0.411 e. The van der Waals surface area contributed by atoms with E-state index in [1.54, 1.807) is 0 Å². The van der Waals surface area contributed by atoms with Crippen LogP contribution in [0.25, 0.3) is 0 Å². The van der Waals surface area contributed by atoms with Crippen molar-refractivity contribution in [3.05, 3.63) is 0 Å². The molecule has 2 fully saturated rings. The van der Waals surface area contributed by atoms with E-state index in [2.05, 4.69) is 0 Å². The van der Waals surface area contributed by atoms with Crippen LogP contribution in [0.3, 0.4) is 0 Å². The maximum absolute atomic E-state index is 12.2. The summed E-state index contributed by atoms with van der Waals surface area (Å²) >= 11 is 0. The molecule has 5 heteroatoms. The summed E-state index contributed by atoms with van der Waals surface area (Å²) in [6.45, 7) is 6.05. The number of hydrogen-bond acceptors (Lipinski definition) is 4. The average molecular weight is 283 g/mol. The maximum atomic E-state index is 12.2. The van der Waals surface area contributed by atoms with Crippen LogP contribution in [-0.2, 0) is 14.3 Å². The molecule has 114 valence electrons. The lowest BCUT2D eigenvalue weighted by Gasteiger charge is -2.28. The van der Waals surface area contributed by atoms with Crippen LogP contribution < -0.4 is 0 Å². The van der Waals surface area contributed by atoms with Gasteiger partial charge >= 0.3 is 12.1 Å². The van der Waals surface area contributed by atoms with Gasteiger partial charge in [-0.2, -0.15) is 0 Å². The summed E-state index contributed by atoms with van der Waals surface area (Å²) in [4.78, 5) is 25.8. The molecule has 1 saturated carbocycles. The van der Waals surface area contributed by atoms with Crippen LogP contribution in [0.4, 0.5) is 4.79 Å². The van der Waals surface area contributed by atoms with E-state index in [9.17, 15) is 9.59 Å². The Labute approximate surface area is 120 Å². The van der Waals surface area contributed by atoms with Crippen molar-refractivity contribution in [1.82, 2.24) is 4.90 Å². The molecule has 0 bridgehead atoms. The molecule has 0 N–H and O–H groups in total. The molecule has 5 nitrogen and oxygen atoms in total. The van der Waals surface area contributed by atoms with Crippen molar-refractivity contribution in [2.45, 2.75) is 77.0 Å². The zero-order chi connectivity index (χ0) is 14.8. The van der Waals surface area contributed by atoms with Crippen LogP contribution in [0.1, 0.15) is 59.3 Å². The van der Waals surface area contributed by atoms with Crippen molar-refractivity contribution in [1.29, 1.82) is 0 Å². The van der Waals surface area contributed by atoms with E-state index in [0.29, 0.717) is 13.0 Å². The molecule has 0 aromatic carbocycles. The summed E-state index contributed by atoms with van der Waals surface area (Å²) < 4.78 is 10.9. The second-order valence-corrected chi connectivity index (χ2v) is 6.68. The van der Waals surface area contributed by atoms with Crippen molar-refractivity contribution in [3.8, 4) is 0 Å². The summed E-state index contributed by atoms with van der Waals surface area (Å²) in [5, 5.41) is 0. The highest BCUT2D eigenvalue weighted by Gasteiger charge is 2.38. The van der Waals surface area contributed by atoms with Gasteiger partial charge in [0.25, 0.3) is 0 Å². The summed E-state index contributed by atoms with van der Waals surface area (Å²) in [6, 6.07) is -0.467. The summed E-state index contributed by atoms with van der Waals surface area (Å²) in [5.41, 5.74) is -0.542. The molecule has 1 unspecified atom stereocenters. The first kappa shape index (κ1) is 15.1. The third kappa shape index (κ3) is 3.87. The third-order valence-electron chi connectivity index (χ3n) is 3.74. The zero-order valence-electron chi connectivity index (χ0n) is 12.7. The Hall–Kier alpha value is -1.26. The van der Waals surface area contributed by atoms with E-state index in [1.165, 1.54) is 4.90 Å². The molecule has 2 aliphatic rings. The minimum atomic E-state index is -0.542. The van der Waals surface area contributed by atoms with Crippen LogP contribution in [0.15, 0.2) is 0 Å². The SMILES string of the molecule is CC(C)(C)OC(=O)N1CCCC1C(=O)OC1CCCC1. The fourth-order valence-corrected chi connectivity index (χ4v) is 2.80. The van der Waals surface area contributed by atoms with Gasteiger partial charge in [-0.1, -0.05) is 0 Å². The van der Waals surface area contributed by atoms with Gasteiger partial charge in [-0.3, -0.25) is 4.90 Å². The van der Waals surface area contributed by atoms with Gasteiger partial charge in [0.15, 0.2) is 0 Å². The monoisotopic (exact) mass is 283 g/mol. The number of hydrogen-bond donors (Lipinski definition) is 0. The molecule has 0 radical (unpaired) electrons. The van der Waals surface area contributed by atoms with Gasteiger partial charge in [-0.15, -0.1) is 0 Å². The Morgan fingerprint density at radius 3 is 2.30 bits per heavy atom. The van der Waals surface area contributed by atoms with Crippen LogP contribution >= 0.6 is 0 Å². The van der Waals surface area contributed by atoms with Gasteiger partial charge in [0.1, 0.15) is 17.7 Å². The topological polar surface area (TPSA) is 55.8 Å². The molecule has 0 spiro atoms. The van der Waals surface area contributed by atoms with Crippen molar-refractivity contribution in [2.24, 2.45) is 0 Å². The summed E-state index contributed by atoms with van der Waals surface area (Å²) in [5.74, 6) is -0.264. The van der Waals surface area contributed by atoms with Crippen LogP contribution in [0, 0.1) is 0 Å².